The fourth-order valence-electron chi connectivity index (χ4n) is 1.39. The SMILES string of the molecule is COCCCNC(=O)c1cc(C)cc(Cl)c1. The highest BCUT2D eigenvalue weighted by Gasteiger charge is 2.06. The van der Waals surface area contributed by atoms with E-state index in [-0.39, 0.29) is 5.91 Å². The van der Waals surface area contributed by atoms with Crippen molar-refractivity contribution >= 4 is 17.5 Å². The van der Waals surface area contributed by atoms with E-state index in [0.717, 1.165) is 12.0 Å². The number of carbonyl (C=O) groups is 1. The van der Waals surface area contributed by atoms with Gasteiger partial charge in [0.05, 0.1) is 0 Å². The van der Waals surface area contributed by atoms with Crippen LogP contribution in [-0.4, -0.2) is 26.2 Å². The minimum Gasteiger partial charge on any atom is -0.385 e. The van der Waals surface area contributed by atoms with Crippen molar-refractivity contribution in [2.45, 2.75) is 13.3 Å². The second-order valence-corrected chi connectivity index (χ2v) is 4.06. The first-order chi connectivity index (χ1) is 7.63. The van der Waals surface area contributed by atoms with Crippen LogP contribution in [0.15, 0.2) is 18.2 Å². The van der Waals surface area contributed by atoms with E-state index in [1.807, 2.05) is 19.1 Å². The number of benzene rings is 1. The van der Waals surface area contributed by atoms with Gasteiger partial charge < -0.3 is 10.1 Å². The van der Waals surface area contributed by atoms with Gasteiger partial charge in [-0.1, -0.05) is 11.6 Å². The Bertz CT molecular complexity index is 346. The van der Waals surface area contributed by atoms with Gasteiger partial charge in [-0.2, -0.15) is 0 Å². The van der Waals surface area contributed by atoms with Gasteiger partial charge in [0.15, 0.2) is 0 Å². The van der Waals surface area contributed by atoms with E-state index < -0.39 is 0 Å². The molecule has 1 rings (SSSR count). The van der Waals surface area contributed by atoms with Crippen molar-refractivity contribution in [3.8, 4) is 0 Å². The third-order valence-corrected chi connectivity index (χ3v) is 2.33. The molecule has 4 heteroatoms. The van der Waals surface area contributed by atoms with Crippen LogP contribution in [0, 0.1) is 6.92 Å². The summed E-state index contributed by atoms with van der Waals surface area (Å²) in [4.78, 5) is 11.7. The molecule has 0 saturated carbocycles. The van der Waals surface area contributed by atoms with E-state index in [4.69, 9.17) is 16.3 Å². The number of rotatable bonds is 5. The Labute approximate surface area is 101 Å². The number of nitrogens with one attached hydrogen (secondary N) is 1. The van der Waals surface area contributed by atoms with E-state index in [1.54, 1.807) is 13.2 Å². The molecule has 1 aromatic rings. The van der Waals surface area contributed by atoms with E-state index in [0.29, 0.717) is 23.7 Å². The Morgan fingerprint density at radius 3 is 2.81 bits per heavy atom. The molecule has 0 aliphatic rings. The summed E-state index contributed by atoms with van der Waals surface area (Å²) >= 11 is 5.88. The van der Waals surface area contributed by atoms with Crippen LogP contribution in [0.2, 0.25) is 5.02 Å². The lowest BCUT2D eigenvalue weighted by atomic mass is 10.1. The van der Waals surface area contributed by atoms with Gasteiger partial charge in [0.2, 0.25) is 0 Å². The van der Waals surface area contributed by atoms with Crippen molar-refractivity contribution < 1.29 is 9.53 Å². The van der Waals surface area contributed by atoms with Crippen LogP contribution in [0.3, 0.4) is 0 Å². The number of carbonyl (C=O) groups excluding carboxylic acids is 1. The smallest absolute Gasteiger partial charge is 0.251 e. The molecule has 0 atom stereocenters. The van der Waals surface area contributed by atoms with E-state index in [2.05, 4.69) is 5.32 Å². The molecule has 0 heterocycles. The molecular weight excluding hydrogens is 226 g/mol. The number of halogens is 1. The highest BCUT2D eigenvalue weighted by molar-refractivity contribution is 6.31. The maximum Gasteiger partial charge on any atom is 0.251 e. The molecule has 1 amide bonds. The highest BCUT2D eigenvalue weighted by Crippen LogP contribution is 2.14. The number of hydrogen-bond donors (Lipinski definition) is 1. The summed E-state index contributed by atoms with van der Waals surface area (Å²) in [6.07, 6.45) is 0.807. The monoisotopic (exact) mass is 241 g/mol. The molecule has 0 aliphatic carbocycles. The molecule has 0 fully saturated rings. The molecule has 0 spiro atoms. The van der Waals surface area contributed by atoms with Gasteiger partial charge in [0.1, 0.15) is 0 Å². The minimum absolute atomic E-state index is 0.0956. The summed E-state index contributed by atoms with van der Waals surface area (Å²) in [6, 6.07) is 5.31. The number of hydrogen-bond acceptors (Lipinski definition) is 2. The van der Waals surface area contributed by atoms with Crippen molar-refractivity contribution in [3.05, 3.63) is 34.3 Å². The molecule has 88 valence electrons. The van der Waals surface area contributed by atoms with Crippen LogP contribution in [-0.2, 0) is 4.74 Å². The summed E-state index contributed by atoms with van der Waals surface area (Å²) < 4.78 is 4.90. The molecule has 0 radical (unpaired) electrons. The molecular formula is C12H16ClNO2. The first-order valence-electron chi connectivity index (χ1n) is 5.18. The van der Waals surface area contributed by atoms with Crippen LogP contribution in [0.25, 0.3) is 0 Å². The van der Waals surface area contributed by atoms with Crippen molar-refractivity contribution in [2.24, 2.45) is 0 Å². The molecule has 0 bridgehead atoms. The summed E-state index contributed by atoms with van der Waals surface area (Å²) in [5.74, 6) is -0.0956. The topological polar surface area (TPSA) is 38.3 Å². The Hall–Kier alpha value is -1.06. The van der Waals surface area contributed by atoms with Crippen LogP contribution >= 0.6 is 11.6 Å². The highest BCUT2D eigenvalue weighted by atomic mass is 35.5. The fraction of sp³-hybridized carbons (Fsp3) is 0.417. The maximum absolute atomic E-state index is 11.7. The second kappa shape index (κ2) is 6.51. The zero-order valence-corrected chi connectivity index (χ0v) is 10.3. The average Bonchev–Trinajstić information content (AvgIpc) is 2.22. The van der Waals surface area contributed by atoms with E-state index in [9.17, 15) is 4.79 Å². The van der Waals surface area contributed by atoms with Crippen LogP contribution in [0.4, 0.5) is 0 Å². The lowest BCUT2D eigenvalue weighted by molar-refractivity contribution is 0.0948. The summed E-state index contributed by atoms with van der Waals surface area (Å²) in [5.41, 5.74) is 1.58. The van der Waals surface area contributed by atoms with E-state index in [1.165, 1.54) is 0 Å². The number of methoxy groups -OCH3 is 1. The third kappa shape index (κ3) is 4.21. The van der Waals surface area contributed by atoms with Gasteiger partial charge in [-0.25, -0.2) is 0 Å². The van der Waals surface area contributed by atoms with Crippen molar-refractivity contribution in [3.63, 3.8) is 0 Å². The summed E-state index contributed by atoms with van der Waals surface area (Å²) in [7, 11) is 1.64. The molecule has 0 saturated heterocycles. The van der Waals surface area contributed by atoms with E-state index >= 15 is 0 Å². The number of aryl methyl sites for hydroxylation is 1. The second-order valence-electron chi connectivity index (χ2n) is 3.62. The predicted octanol–water partition coefficient (Wildman–Crippen LogP) is 2.41. The molecule has 0 unspecified atom stereocenters. The Morgan fingerprint density at radius 2 is 2.19 bits per heavy atom. The van der Waals surface area contributed by atoms with Gasteiger partial charge >= 0.3 is 0 Å². The Balaban J connectivity index is 2.52. The maximum atomic E-state index is 11.7. The van der Waals surface area contributed by atoms with Crippen molar-refractivity contribution in [1.29, 1.82) is 0 Å². The summed E-state index contributed by atoms with van der Waals surface area (Å²) in [5, 5.41) is 3.40. The van der Waals surface area contributed by atoms with Crippen LogP contribution in [0.5, 0.6) is 0 Å². The normalized spacial score (nSPS) is 10.2. The van der Waals surface area contributed by atoms with Gasteiger partial charge in [-0.15, -0.1) is 0 Å². The first-order valence-corrected chi connectivity index (χ1v) is 5.55. The molecule has 3 nitrogen and oxygen atoms in total. The van der Waals surface area contributed by atoms with Gasteiger partial charge in [0, 0.05) is 30.8 Å². The number of ether oxygens (including phenoxy) is 1. The third-order valence-electron chi connectivity index (χ3n) is 2.12. The Morgan fingerprint density at radius 1 is 1.44 bits per heavy atom. The number of amides is 1. The minimum atomic E-state index is -0.0956. The molecule has 1 aromatic carbocycles. The molecule has 0 aromatic heterocycles. The average molecular weight is 242 g/mol. The zero-order valence-electron chi connectivity index (χ0n) is 9.55. The van der Waals surface area contributed by atoms with Crippen molar-refractivity contribution in [1.82, 2.24) is 5.32 Å². The lowest BCUT2D eigenvalue weighted by Crippen LogP contribution is -2.25. The van der Waals surface area contributed by atoms with Gasteiger partial charge in [-0.05, 0) is 37.1 Å². The molecule has 16 heavy (non-hydrogen) atoms. The first kappa shape index (κ1) is 13.0. The van der Waals surface area contributed by atoms with Crippen molar-refractivity contribution in [2.75, 3.05) is 20.3 Å². The largest absolute Gasteiger partial charge is 0.385 e. The lowest BCUT2D eigenvalue weighted by Gasteiger charge is -2.06. The quantitative estimate of drug-likeness (QED) is 0.804. The Kier molecular flexibility index (Phi) is 5.29. The standard InChI is InChI=1S/C12H16ClNO2/c1-9-6-10(8-11(13)7-9)12(15)14-4-3-5-16-2/h6-8H,3-5H2,1-2H3,(H,14,15). The van der Waals surface area contributed by atoms with Gasteiger partial charge in [0.25, 0.3) is 5.91 Å². The zero-order chi connectivity index (χ0) is 12.0. The van der Waals surface area contributed by atoms with Gasteiger partial charge in [-0.3, -0.25) is 4.79 Å². The predicted molar refractivity (Wildman–Crippen MR) is 65.0 cm³/mol. The molecule has 1 N–H and O–H groups in total. The van der Waals surface area contributed by atoms with Crippen LogP contribution in [0.1, 0.15) is 22.3 Å². The molecule has 0 aliphatic heterocycles. The fourth-order valence-corrected chi connectivity index (χ4v) is 1.68. The van der Waals surface area contributed by atoms with Crippen LogP contribution < -0.4 is 5.32 Å². The summed E-state index contributed by atoms with van der Waals surface area (Å²) in [6.45, 7) is 3.17.